The van der Waals surface area contributed by atoms with Crippen molar-refractivity contribution in [2.45, 2.75) is 19.8 Å². The van der Waals surface area contributed by atoms with E-state index in [0.717, 1.165) is 6.42 Å². The molecule has 0 rings (SSSR count). The number of carbonyl (C=O) groups excluding carboxylic acids is 1. The Morgan fingerprint density at radius 1 is 1.62 bits per heavy atom. The standard InChI is InChI=1S/C10H18O3/c1-4-9(8-13-5-2)6-7-10(11)12-3/h4,9H,1,5-8H2,2-3H3. The second-order valence-corrected chi connectivity index (χ2v) is 2.77. The van der Waals surface area contributed by atoms with Gasteiger partial charge >= 0.3 is 5.97 Å². The van der Waals surface area contributed by atoms with Crippen molar-refractivity contribution in [3.8, 4) is 0 Å². The zero-order chi connectivity index (χ0) is 10.1. The fourth-order valence-electron chi connectivity index (χ4n) is 0.944. The molecule has 0 aromatic carbocycles. The van der Waals surface area contributed by atoms with Gasteiger partial charge in [-0.15, -0.1) is 6.58 Å². The number of esters is 1. The SMILES string of the molecule is C=CC(CCC(=O)OC)COCC. The van der Waals surface area contributed by atoms with Gasteiger partial charge in [-0.3, -0.25) is 4.79 Å². The highest BCUT2D eigenvalue weighted by molar-refractivity contribution is 5.69. The summed E-state index contributed by atoms with van der Waals surface area (Å²) in [4.78, 5) is 10.8. The topological polar surface area (TPSA) is 35.5 Å². The van der Waals surface area contributed by atoms with E-state index in [2.05, 4.69) is 11.3 Å². The summed E-state index contributed by atoms with van der Waals surface area (Å²) in [6.07, 6.45) is 3.00. The Kier molecular flexibility index (Phi) is 7.30. The van der Waals surface area contributed by atoms with Gasteiger partial charge in [-0.2, -0.15) is 0 Å². The van der Waals surface area contributed by atoms with Gasteiger partial charge in [0, 0.05) is 18.9 Å². The summed E-state index contributed by atoms with van der Waals surface area (Å²) in [5.74, 6) is 0.0717. The third-order valence-electron chi connectivity index (χ3n) is 1.82. The van der Waals surface area contributed by atoms with E-state index in [0.29, 0.717) is 19.6 Å². The average Bonchev–Trinajstić information content (AvgIpc) is 2.17. The van der Waals surface area contributed by atoms with Crippen LogP contribution in [0.3, 0.4) is 0 Å². The van der Waals surface area contributed by atoms with Gasteiger partial charge in [-0.1, -0.05) is 6.08 Å². The van der Waals surface area contributed by atoms with E-state index in [4.69, 9.17) is 4.74 Å². The highest BCUT2D eigenvalue weighted by Crippen LogP contribution is 2.08. The van der Waals surface area contributed by atoms with Crippen LogP contribution in [0.1, 0.15) is 19.8 Å². The highest BCUT2D eigenvalue weighted by atomic mass is 16.5. The molecule has 0 saturated heterocycles. The first kappa shape index (κ1) is 12.2. The van der Waals surface area contributed by atoms with Gasteiger partial charge in [0.15, 0.2) is 0 Å². The summed E-state index contributed by atoms with van der Waals surface area (Å²) in [6.45, 7) is 6.96. The molecule has 3 nitrogen and oxygen atoms in total. The smallest absolute Gasteiger partial charge is 0.305 e. The molecule has 76 valence electrons. The Hall–Kier alpha value is -0.830. The molecule has 0 spiro atoms. The number of carbonyl (C=O) groups is 1. The minimum atomic E-state index is -0.177. The van der Waals surface area contributed by atoms with Crippen LogP contribution >= 0.6 is 0 Å². The molecule has 0 aliphatic rings. The van der Waals surface area contributed by atoms with Gasteiger partial charge < -0.3 is 9.47 Å². The minimum Gasteiger partial charge on any atom is -0.469 e. The lowest BCUT2D eigenvalue weighted by molar-refractivity contribution is -0.140. The lowest BCUT2D eigenvalue weighted by atomic mass is 10.1. The summed E-state index contributed by atoms with van der Waals surface area (Å²) in [5.41, 5.74) is 0. The Labute approximate surface area is 79.7 Å². The van der Waals surface area contributed by atoms with E-state index >= 15 is 0 Å². The lowest BCUT2D eigenvalue weighted by Gasteiger charge is -2.10. The maximum atomic E-state index is 10.8. The van der Waals surface area contributed by atoms with Crippen molar-refractivity contribution >= 4 is 5.97 Å². The van der Waals surface area contributed by atoms with E-state index in [1.54, 1.807) is 0 Å². The second-order valence-electron chi connectivity index (χ2n) is 2.77. The van der Waals surface area contributed by atoms with Crippen LogP contribution in [-0.2, 0) is 14.3 Å². The molecule has 0 heterocycles. The largest absolute Gasteiger partial charge is 0.469 e. The number of hydrogen-bond donors (Lipinski definition) is 0. The molecule has 13 heavy (non-hydrogen) atoms. The molecule has 0 amide bonds. The van der Waals surface area contributed by atoms with E-state index in [1.807, 2.05) is 13.0 Å². The predicted molar refractivity (Wildman–Crippen MR) is 51.4 cm³/mol. The van der Waals surface area contributed by atoms with Crippen LogP contribution < -0.4 is 0 Å². The Morgan fingerprint density at radius 3 is 2.77 bits per heavy atom. The van der Waals surface area contributed by atoms with E-state index in [-0.39, 0.29) is 11.9 Å². The summed E-state index contributed by atoms with van der Waals surface area (Å²) in [5, 5.41) is 0. The van der Waals surface area contributed by atoms with E-state index < -0.39 is 0 Å². The third kappa shape index (κ3) is 6.34. The van der Waals surface area contributed by atoms with Crippen molar-refractivity contribution in [2.75, 3.05) is 20.3 Å². The molecular weight excluding hydrogens is 168 g/mol. The van der Waals surface area contributed by atoms with Crippen LogP contribution in [0.5, 0.6) is 0 Å². The molecule has 0 aliphatic heterocycles. The fraction of sp³-hybridized carbons (Fsp3) is 0.700. The number of ether oxygens (including phenoxy) is 2. The fourth-order valence-corrected chi connectivity index (χ4v) is 0.944. The maximum Gasteiger partial charge on any atom is 0.305 e. The van der Waals surface area contributed by atoms with Crippen molar-refractivity contribution in [1.29, 1.82) is 0 Å². The molecule has 0 bridgehead atoms. The normalized spacial score (nSPS) is 12.2. The van der Waals surface area contributed by atoms with Crippen LogP contribution in [0, 0.1) is 5.92 Å². The van der Waals surface area contributed by atoms with E-state index in [9.17, 15) is 4.79 Å². The lowest BCUT2D eigenvalue weighted by Crippen LogP contribution is -2.10. The first-order valence-corrected chi connectivity index (χ1v) is 4.51. The zero-order valence-electron chi connectivity index (χ0n) is 8.41. The van der Waals surface area contributed by atoms with Crippen molar-refractivity contribution in [3.05, 3.63) is 12.7 Å². The van der Waals surface area contributed by atoms with Crippen LogP contribution in [0.2, 0.25) is 0 Å². The zero-order valence-corrected chi connectivity index (χ0v) is 8.41. The third-order valence-corrected chi connectivity index (χ3v) is 1.82. The Morgan fingerprint density at radius 2 is 2.31 bits per heavy atom. The molecule has 0 saturated carbocycles. The Balaban J connectivity index is 3.58. The van der Waals surface area contributed by atoms with Crippen LogP contribution in [0.15, 0.2) is 12.7 Å². The number of methoxy groups -OCH3 is 1. The first-order valence-electron chi connectivity index (χ1n) is 4.51. The van der Waals surface area contributed by atoms with Crippen LogP contribution in [-0.4, -0.2) is 26.3 Å². The number of rotatable bonds is 7. The summed E-state index contributed by atoms with van der Waals surface area (Å²) >= 11 is 0. The van der Waals surface area contributed by atoms with Gasteiger partial charge in [0.25, 0.3) is 0 Å². The van der Waals surface area contributed by atoms with Crippen molar-refractivity contribution in [1.82, 2.24) is 0 Å². The van der Waals surface area contributed by atoms with Crippen molar-refractivity contribution in [3.63, 3.8) is 0 Å². The molecule has 0 aromatic heterocycles. The maximum absolute atomic E-state index is 10.8. The van der Waals surface area contributed by atoms with Gasteiger partial charge in [0.05, 0.1) is 13.7 Å². The van der Waals surface area contributed by atoms with Gasteiger partial charge in [-0.25, -0.2) is 0 Å². The molecule has 1 unspecified atom stereocenters. The molecule has 0 radical (unpaired) electrons. The molecular formula is C10H18O3. The van der Waals surface area contributed by atoms with Gasteiger partial charge in [0.2, 0.25) is 0 Å². The quantitative estimate of drug-likeness (QED) is 0.449. The molecule has 0 aliphatic carbocycles. The highest BCUT2D eigenvalue weighted by Gasteiger charge is 2.07. The number of hydrogen-bond acceptors (Lipinski definition) is 3. The molecule has 1 atom stereocenters. The first-order chi connectivity index (χ1) is 6.24. The summed E-state index contributed by atoms with van der Waals surface area (Å²) in [7, 11) is 1.40. The van der Waals surface area contributed by atoms with E-state index in [1.165, 1.54) is 7.11 Å². The van der Waals surface area contributed by atoms with Crippen molar-refractivity contribution < 1.29 is 14.3 Å². The van der Waals surface area contributed by atoms with Gasteiger partial charge in [0.1, 0.15) is 0 Å². The van der Waals surface area contributed by atoms with Crippen LogP contribution in [0.4, 0.5) is 0 Å². The van der Waals surface area contributed by atoms with Crippen molar-refractivity contribution in [2.24, 2.45) is 5.92 Å². The average molecular weight is 186 g/mol. The second kappa shape index (κ2) is 7.80. The molecule has 3 heteroatoms. The minimum absolute atomic E-state index is 0.177. The molecule has 0 fully saturated rings. The van der Waals surface area contributed by atoms with Crippen LogP contribution in [0.25, 0.3) is 0 Å². The Bertz CT molecular complexity index is 154. The van der Waals surface area contributed by atoms with Gasteiger partial charge in [-0.05, 0) is 13.3 Å². The monoisotopic (exact) mass is 186 g/mol. The summed E-state index contributed by atoms with van der Waals surface area (Å²) in [6, 6.07) is 0. The molecule has 0 aromatic rings. The predicted octanol–water partition coefficient (Wildman–Crippen LogP) is 1.78. The summed E-state index contributed by atoms with van der Waals surface area (Å²) < 4.78 is 9.76. The molecule has 0 N–H and O–H groups in total.